The summed E-state index contributed by atoms with van der Waals surface area (Å²) in [6, 6.07) is -1.48. The summed E-state index contributed by atoms with van der Waals surface area (Å²) in [4.78, 5) is 33.5. The van der Waals surface area contributed by atoms with E-state index in [4.69, 9.17) is 29.4 Å². The Morgan fingerprint density at radius 3 is 1.58 bits per heavy atom. The van der Waals surface area contributed by atoms with Gasteiger partial charge in [-0.3, -0.25) is 18.6 Å². The molecule has 55 heavy (non-hydrogen) atoms. The SMILES string of the molecule is CC/C=C\C/C=C\C/C=C\C/C=C\C/C=C\CCCCCCCC(=O)OC(COCCCCCCCCCCCCCC)COP(=O)(O)OCC(N)C(=O)O. The number of unbranched alkanes of at least 4 members (excludes halogenated alkanes) is 16. The number of phosphoric ester groups is 1. The first-order chi connectivity index (χ1) is 26.7. The lowest BCUT2D eigenvalue weighted by molar-refractivity contribution is -0.154. The Morgan fingerprint density at radius 1 is 0.600 bits per heavy atom. The molecule has 0 spiro atoms. The lowest BCUT2D eigenvalue weighted by Crippen LogP contribution is -2.34. The molecular weight excluding hydrogens is 717 g/mol. The van der Waals surface area contributed by atoms with E-state index in [-0.39, 0.29) is 13.0 Å². The van der Waals surface area contributed by atoms with Crippen molar-refractivity contribution in [1.29, 1.82) is 0 Å². The molecule has 0 fully saturated rings. The molecule has 318 valence electrons. The van der Waals surface area contributed by atoms with Crippen LogP contribution in [0.1, 0.15) is 168 Å². The predicted octanol–water partition coefficient (Wildman–Crippen LogP) is 11.6. The fourth-order valence-corrected chi connectivity index (χ4v) is 6.29. The van der Waals surface area contributed by atoms with Gasteiger partial charge in [-0.15, -0.1) is 0 Å². The molecule has 0 aromatic heterocycles. The van der Waals surface area contributed by atoms with Crippen LogP contribution in [0.5, 0.6) is 0 Å². The third-order valence-electron chi connectivity index (χ3n) is 8.81. The Labute approximate surface area is 334 Å². The molecule has 0 saturated carbocycles. The Hall–Kier alpha value is -2.33. The highest BCUT2D eigenvalue weighted by Gasteiger charge is 2.27. The maximum Gasteiger partial charge on any atom is 0.472 e. The minimum Gasteiger partial charge on any atom is -0.480 e. The Bertz CT molecular complexity index is 1100. The smallest absolute Gasteiger partial charge is 0.472 e. The van der Waals surface area contributed by atoms with E-state index in [0.29, 0.717) is 13.0 Å². The standard InChI is InChI=1S/C44H78NO9P/c1-3-5-7-9-11-13-15-17-18-19-20-21-22-23-24-25-26-28-30-32-34-36-43(46)54-41(39-52-55(49,50)53-40-42(45)44(47)48)38-51-37-35-33-31-29-27-16-14-12-10-8-6-4-2/h5,7,11,13,17-18,20-21,23-24,41-42H,3-4,6,8-10,12,14-16,19,22,25-40,45H2,1-2H3,(H,47,48)(H,49,50)/b7-5-,13-11-,18-17-,21-20-,24-23-. The molecule has 0 aliphatic rings. The summed E-state index contributed by atoms with van der Waals surface area (Å²) in [5.41, 5.74) is 5.35. The summed E-state index contributed by atoms with van der Waals surface area (Å²) >= 11 is 0. The predicted molar refractivity (Wildman–Crippen MR) is 226 cm³/mol. The topological polar surface area (TPSA) is 155 Å². The number of ether oxygens (including phenoxy) is 2. The van der Waals surface area contributed by atoms with Crippen LogP contribution in [0.2, 0.25) is 0 Å². The summed E-state index contributed by atoms with van der Waals surface area (Å²) < 4.78 is 33.3. The van der Waals surface area contributed by atoms with Crippen LogP contribution in [0.15, 0.2) is 60.8 Å². The molecule has 0 aromatic carbocycles. The normalized spacial score (nSPS) is 14.5. The van der Waals surface area contributed by atoms with Gasteiger partial charge >= 0.3 is 19.8 Å². The third kappa shape index (κ3) is 39.7. The highest BCUT2D eigenvalue weighted by atomic mass is 31.2. The zero-order valence-corrected chi connectivity index (χ0v) is 35.4. The number of carbonyl (C=O) groups is 2. The van der Waals surface area contributed by atoms with Crippen molar-refractivity contribution in [1.82, 2.24) is 0 Å². The molecule has 11 heteroatoms. The number of carboxylic acids is 1. The van der Waals surface area contributed by atoms with Gasteiger partial charge in [0.25, 0.3) is 0 Å². The molecule has 0 amide bonds. The van der Waals surface area contributed by atoms with E-state index in [0.717, 1.165) is 83.5 Å². The number of carbonyl (C=O) groups excluding carboxylic acids is 1. The maximum atomic E-state index is 12.6. The molecule has 0 aromatic rings. The maximum absolute atomic E-state index is 12.6. The van der Waals surface area contributed by atoms with Gasteiger partial charge in [0.05, 0.1) is 19.8 Å². The van der Waals surface area contributed by atoms with Gasteiger partial charge < -0.3 is 25.2 Å². The van der Waals surface area contributed by atoms with Crippen LogP contribution in [0.4, 0.5) is 0 Å². The largest absolute Gasteiger partial charge is 0.480 e. The molecule has 0 saturated heterocycles. The summed E-state index contributed by atoms with van der Waals surface area (Å²) in [7, 11) is -4.62. The number of aliphatic carboxylic acids is 1. The molecule has 10 nitrogen and oxygen atoms in total. The van der Waals surface area contributed by atoms with Crippen molar-refractivity contribution >= 4 is 19.8 Å². The van der Waals surface area contributed by atoms with Gasteiger partial charge in [-0.2, -0.15) is 0 Å². The average Bonchev–Trinajstić information content (AvgIpc) is 3.16. The summed E-state index contributed by atoms with van der Waals surface area (Å²) in [5.74, 6) is -1.80. The number of nitrogens with two attached hydrogens (primary N) is 1. The Kier molecular flexibility index (Phi) is 38.2. The van der Waals surface area contributed by atoms with Crippen molar-refractivity contribution in [3.8, 4) is 0 Å². The van der Waals surface area contributed by atoms with Gasteiger partial charge in [0.15, 0.2) is 0 Å². The first kappa shape index (κ1) is 52.7. The average molecular weight is 796 g/mol. The Morgan fingerprint density at radius 2 is 1.05 bits per heavy atom. The van der Waals surface area contributed by atoms with Crippen LogP contribution in [0.25, 0.3) is 0 Å². The van der Waals surface area contributed by atoms with Crippen molar-refractivity contribution in [2.75, 3.05) is 26.4 Å². The number of esters is 1. The van der Waals surface area contributed by atoms with E-state index in [1.54, 1.807) is 0 Å². The number of carboxylic acid groups (broad SMARTS) is 1. The van der Waals surface area contributed by atoms with Crippen molar-refractivity contribution in [2.24, 2.45) is 5.73 Å². The van der Waals surface area contributed by atoms with Crippen LogP contribution < -0.4 is 5.73 Å². The number of hydrogen-bond acceptors (Lipinski definition) is 8. The molecular formula is C44H78NO9P. The summed E-state index contributed by atoms with van der Waals surface area (Å²) in [5, 5.41) is 8.88. The van der Waals surface area contributed by atoms with Gasteiger partial charge in [0.1, 0.15) is 12.1 Å². The van der Waals surface area contributed by atoms with E-state index in [2.05, 4.69) is 74.6 Å². The van der Waals surface area contributed by atoms with E-state index in [1.165, 1.54) is 57.8 Å². The van der Waals surface area contributed by atoms with Gasteiger partial charge in [-0.25, -0.2) is 4.57 Å². The van der Waals surface area contributed by atoms with Crippen LogP contribution in [0.3, 0.4) is 0 Å². The van der Waals surface area contributed by atoms with Gasteiger partial charge in [-0.05, 0) is 57.8 Å². The number of allylic oxidation sites excluding steroid dienone is 10. The zero-order valence-electron chi connectivity index (χ0n) is 34.5. The van der Waals surface area contributed by atoms with Gasteiger partial charge in [0, 0.05) is 13.0 Å². The fourth-order valence-electron chi connectivity index (χ4n) is 5.51. The molecule has 0 aliphatic heterocycles. The lowest BCUT2D eigenvalue weighted by atomic mass is 10.1. The first-order valence-electron chi connectivity index (χ1n) is 21.3. The van der Waals surface area contributed by atoms with Gasteiger partial charge in [-0.1, -0.05) is 164 Å². The number of hydrogen-bond donors (Lipinski definition) is 3. The molecule has 0 rings (SSSR count). The molecule has 0 bridgehead atoms. The molecule has 4 N–H and O–H groups in total. The minimum atomic E-state index is -4.62. The van der Waals surface area contributed by atoms with E-state index in [9.17, 15) is 19.0 Å². The fraction of sp³-hybridized carbons (Fsp3) is 0.727. The highest BCUT2D eigenvalue weighted by molar-refractivity contribution is 7.47. The second kappa shape index (κ2) is 39.9. The van der Waals surface area contributed by atoms with Crippen molar-refractivity contribution in [2.45, 2.75) is 180 Å². The quantitative estimate of drug-likeness (QED) is 0.0236. The van der Waals surface area contributed by atoms with Crippen molar-refractivity contribution in [3.05, 3.63) is 60.8 Å². The molecule has 3 unspecified atom stereocenters. The van der Waals surface area contributed by atoms with Crippen molar-refractivity contribution in [3.63, 3.8) is 0 Å². The minimum absolute atomic E-state index is 0.00815. The molecule has 0 heterocycles. The number of phosphoric acid groups is 1. The van der Waals surface area contributed by atoms with Crippen molar-refractivity contribution < 1.29 is 42.7 Å². The highest BCUT2D eigenvalue weighted by Crippen LogP contribution is 2.43. The second-order valence-electron chi connectivity index (χ2n) is 14.1. The van der Waals surface area contributed by atoms with E-state index < -0.39 is 45.1 Å². The van der Waals surface area contributed by atoms with E-state index >= 15 is 0 Å². The van der Waals surface area contributed by atoms with Crippen LogP contribution in [-0.2, 0) is 32.7 Å². The summed E-state index contributed by atoms with van der Waals surface area (Å²) in [6.45, 7) is 3.73. The number of rotatable bonds is 40. The monoisotopic (exact) mass is 796 g/mol. The van der Waals surface area contributed by atoms with Crippen LogP contribution in [0, 0.1) is 0 Å². The molecule has 0 radical (unpaired) electrons. The summed E-state index contributed by atoms with van der Waals surface area (Å²) in [6.07, 6.45) is 47.0. The van der Waals surface area contributed by atoms with Gasteiger partial charge in [0.2, 0.25) is 0 Å². The zero-order chi connectivity index (χ0) is 40.5. The van der Waals surface area contributed by atoms with Crippen LogP contribution in [-0.4, -0.2) is 60.5 Å². The molecule has 3 atom stereocenters. The van der Waals surface area contributed by atoms with E-state index in [1.807, 2.05) is 0 Å². The Balaban J connectivity index is 4.28. The van der Waals surface area contributed by atoms with Crippen LogP contribution >= 0.6 is 7.82 Å². The lowest BCUT2D eigenvalue weighted by Gasteiger charge is -2.20. The molecule has 0 aliphatic carbocycles. The second-order valence-corrected chi connectivity index (χ2v) is 15.5. The first-order valence-corrected chi connectivity index (χ1v) is 22.8. The third-order valence-corrected chi connectivity index (χ3v) is 9.76.